The molecule has 0 amide bonds. The number of nitrogens with zero attached hydrogens (tertiary/aromatic N) is 2. The maximum Gasteiger partial charge on any atom is 0.305 e. The van der Waals surface area contributed by atoms with E-state index in [4.69, 9.17) is 9.47 Å². The third-order valence-corrected chi connectivity index (χ3v) is 15.8. The van der Waals surface area contributed by atoms with E-state index < -0.39 is 32.0 Å². The van der Waals surface area contributed by atoms with Crippen LogP contribution in [0.3, 0.4) is 0 Å². The van der Waals surface area contributed by atoms with Crippen molar-refractivity contribution in [2.45, 2.75) is 29.2 Å². The highest BCUT2D eigenvalue weighted by Crippen LogP contribution is 2.43. The van der Waals surface area contributed by atoms with Gasteiger partial charge in [-0.1, -0.05) is 137 Å². The van der Waals surface area contributed by atoms with Crippen molar-refractivity contribution in [2.24, 2.45) is 0 Å². The third-order valence-electron chi connectivity index (χ3n) is 12.6. The number of nitrogens with one attached hydrogen (secondary N) is 2. The average molecular weight is 1190 g/mol. The molecule has 0 atom stereocenters. The number of aliphatic carboxylic acids is 2. The first-order chi connectivity index (χ1) is 38.5. The number of carboxylic acid groups (broad SMARTS) is 2. The van der Waals surface area contributed by atoms with E-state index in [0.717, 1.165) is 21.2 Å². The molecule has 0 bridgehead atoms. The number of anilines is 4. The van der Waals surface area contributed by atoms with Gasteiger partial charge in [0.05, 0.1) is 58.5 Å². The summed E-state index contributed by atoms with van der Waals surface area (Å²) >= 11 is 3.30. The lowest BCUT2D eigenvalue weighted by Crippen LogP contribution is -2.31. The van der Waals surface area contributed by atoms with Crippen LogP contribution in [0.1, 0.15) is 18.4 Å². The molecule has 16 nitrogen and oxygen atoms in total. The van der Waals surface area contributed by atoms with Crippen molar-refractivity contribution in [1.29, 1.82) is 0 Å². The van der Waals surface area contributed by atoms with E-state index in [1.165, 1.54) is 48.5 Å². The normalized spacial score (nSPS) is 11.3. The van der Waals surface area contributed by atoms with Gasteiger partial charge in [-0.15, -0.1) is 0 Å². The van der Waals surface area contributed by atoms with Gasteiger partial charge in [-0.25, -0.2) is 21.2 Å². The van der Waals surface area contributed by atoms with Crippen LogP contribution >= 0.6 is 15.9 Å². The van der Waals surface area contributed by atoms with Crippen molar-refractivity contribution in [3.63, 3.8) is 0 Å². The highest BCUT2D eigenvalue weighted by Gasteiger charge is 2.24. The molecule has 0 saturated heterocycles. The Labute approximate surface area is 470 Å². The minimum Gasteiger partial charge on any atom is -0.505 e. The fraction of sp³-hybridized carbons (Fsp3) is 0.133. The van der Waals surface area contributed by atoms with E-state index in [9.17, 15) is 51.2 Å². The predicted octanol–water partition coefficient (Wildman–Crippen LogP) is 12.1. The average Bonchev–Trinajstić information content (AvgIpc) is 3.47. The molecule has 20 heteroatoms. The number of benzene rings is 9. The molecule has 9 aromatic carbocycles. The predicted molar refractivity (Wildman–Crippen MR) is 311 cm³/mol. The van der Waals surface area contributed by atoms with Crippen molar-refractivity contribution in [3.8, 4) is 28.4 Å². The number of hydrogen-bond donors (Lipinski definition) is 6. The summed E-state index contributed by atoms with van der Waals surface area (Å²) in [5, 5.41) is 42.8. The smallest absolute Gasteiger partial charge is 0.305 e. The van der Waals surface area contributed by atoms with Crippen LogP contribution in [0.15, 0.2) is 208 Å². The molecule has 0 fully saturated rings. The number of sulfonamides is 2. The molecule has 412 valence electrons. The Morgan fingerprint density at radius 3 is 1.45 bits per heavy atom. The number of para-hydroxylation sites is 1. The standard InChI is InChI=1S/C33H29FN2O6S.C27H25BrN2O6S/c34-26-14-10-24(11-15-26)25-12-16-27(17-13-25)43(40,41)35-30-20-31(33(39)29-9-5-4-8-28(29)30)36(19-18-32(37)38)22-42-21-23-6-2-1-3-7-23;28-19-10-12-21(13-11-19)37(34,35)29-24-18-25(27(33)23-9-5-4-8-22(23)24)30(15-14-26(31)32)16-17-36-20-6-2-1-3-7-20/h1-17,20,35,39H,18-19,21-22H2,(H,37,38);1-13,18,29,33H,14-17H2,(H,31,32). The molecule has 0 aliphatic carbocycles. The molecule has 9 aromatic rings. The number of carboxylic acids is 2. The zero-order valence-corrected chi connectivity index (χ0v) is 45.9. The van der Waals surface area contributed by atoms with Crippen molar-refractivity contribution >= 4 is 92.2 Å². The summed E-state index contributed by atoms with van der Waals surface area (Å²) in [6.45, 7) is 0.769. The SMILES string of the molecule is O=C(O)CCN(CCOc1ccccc1)c1cc(NS(=O)(=O)c2ccc(Br)cc2)c2ccccc2c1O.O=C(O)CCN(COCc1ccccc1)c1cc(NS(=O)(=O)c2ccc(-c3ccc(F)cc3)cc2)c2ccccc2c1O. The molecule has 0 aliphatic rings. The maximum atomic E-state index is 13.5. The lowest BCUT2D eigenvalue weighted by molar-refractivity contribution is -0.137. The summed E-state index contributed by atoms with van der Waals surface area (Å²) in [5.74, 6) is -1.93. The molecular formula is C60H54BrFN4O12S2. The van der Waals surface area contributed by atoms with Crippen molar-refractivity contribution in [2.75, 3.05) is 52.2 Å². The largest absolute Gasteiger partial charge is 0.505 e. The first-order valence-corrected chi connectivity index (χ1v) is 28.6. The van der Waals surface area contributed by atoms with Gasteiger partial charge < -0.3 is 39.7 Å². The number of phenols is 2. The van der Waals surface area contributed by atoms with Gasteiger partial charge in [-0.05, 0) is 89.5 Å². The van der Waals surface area contributed by atoms with Gasteiger partial charge in [0.25, 0.3) is 20.0 Å². The van der Waals surface area contributed by atoms with Gasteiger partial charge >= 0.3 is 11.9 Å². The highest BCUT2D eigenvalue weighted by atomic mass is 79.9. The molecule has 6 N–H and O–H groups in total. The molecule has 9 rings (SSSR count). The molecular weight excluding hydrogens is 1130 g/mol. The summed E-state index contributed by atoms with van der Waals surface area (Å²) in [6.07, 6.45) is -0.417. The molecule has 0 spiro atoms. The third kappa shape index (κ3) is 14.9. The summed E-state index contributed by atoms with van der Waals surface area (Å²) in [7, 11) is -8.03. The Bertz CT molecular complexity index is 3830. The van der Waals surface area contributed by atoms with Crippen molar-refractivity contribution < 1.29 is 60.7 Å². The first kappa shape index (κ1) is 57.5. The number of ether oxygens (including phenoxy) is 2. The van der Waals surface area contributed by atoms with Crippen LogP contribution in [-0.4, -0.2) is 82.2 Å². The Morgan fingerprint density at radius 2 is 0.950 bits per heavy atom. The van der Waals surface area contributed by atoms with Crippen LogP contribution in [0.5, 0.6) is 17.2 Å². The molecule has 80 heavy (non-hydrogen) atoms. The van der Waals surface area contributed by atoms with Gasteiger partial charge in [0.2, 0.25) is 0 Å². The highest BCUT2D eigenvalue weighted by molar-refractivity contribution is 9.10. The Balaban J connectivity index is 0.000000213. The Hall–Kier alpha value is -8.69. The number of fused-ring (bicyclic) bond motifs is 2. The van der Waals surface area contributed by atoms with E-state index in [1.54, 1.807) is 94.7 Å². The second-order valence-corrected chi connectivity index (χ2v) is 22.3. The molecule has 0 aromatic heterocycles. The van der Waals surface area contributed by atoms with Crippen LogP contribution in [0.25, 0.3) is 32.7 Å². The summed E-state index contributed by atoms with van der Waals surface area (Å²) < 4.78 is 84.3. The quantitative estimate of drug-likeness (QED) is 0.0258. The van der Waals surface area contributed by atoms with Crippen molar-refractivity contribution in [3.05, 3.63) is 210 Å². The van der Waals surface area contributed by atoms with Crippen LogP contribution in [0.4, 0.5) is 27.1 Å². The fourth-order valence-corrected chi connectivity index (χ4v) is 10.9. The van der Waals surface area contributed by atoms with Gasteiger partial charge in [-0.3, -0.25) is 19.0 Å². The van der Waals surface area contributed by atoms with Gasteiger partial charge in [0.1, 0.15) is 36.4 Å². The number of aromatic hydroxyl groups is 2. The van der Waals surface area contributed by atoms with E-state index in [-0.39, 0.29) is 96.6 Å². The molecule has 0 heterocycles. The zero-order valence-electron chi connectivity index (χ0n) is 42.7. The molecule has 0 radical (unpaired) electrons. The topological polar surface area (TPSA) is 232 Å². The lowest BCUT2D eigenvalue weighted by atomic mass is 10.1. The van der Waals surface area contributed by atoms with Crippen LogP contribution < -0.4 is 24.0 Å². The molecule has 0 aliphatic heterocycles. The number of phenolic OH excluding ortho intramolecular Hbond substituents is 2. The summed E-state index contributed by atoms with van der Waals surface area (Å²) in [6, 6.07) is 53.6. The Morgan fingerprint density at radius 1 is 0.525 bits per heavy atom. The van der Waals surface area contributed by atoms with E-state index in [2.05, 4.69) is 25.4 Å². The number of rotatable bonds is 23. The monoisotopic (exact) mass is 1180 g/mol. The number of halogens is 2. The number of hydrogen-bond acceptors (Lipinski definition) is 12. The molecule has 0 unspecified atom stereocenters. The first-order valence-electron chi connectivity index (χ1n) is 24.9. The summed E-state index contributed by atoms with van der Waals surface area (Å²) in [4.78, 5) is 26.1. The van der Waals surface area contributed by atoms with Gasteiger partial charge in [0, 0.05) is 39.1 Å². The van der Waals surface area contributed by atoms with Crippen LogP contribution in [0, 0.1) is 5.82 Å². The number of carbonyl (C=O) groups is 2. The van der Waals surface area contributed by atoms with E-state index in [0.29, 0.717) is 33.0 Å². The molecule has 0 saturated carbocycles. The van der Waals surface area contributed by atoms with Gasteiger partial charge in [-0.2, -0.15) is 0 Å². The fourth-order valence-electron chi connectivity index (χ4n) is 8.54. The maximum absolute atomic E-state index is 13.5. The van der Waals surface area contributed by atoms with E-state index in [1.807, 2.05) is 60.7 Å². The lowest BCUT2D eigenvalue weighted by Gasteiger charge is -2.27. The minimum absolute atomic E-state index is 0.00555. The van der Waals surface area contributed by atoms with Crippen LogP contribution in [0.2, 0.25) is 0 Å². The van der Waals surface area contributed by atoms with Crippen molar-refractivity contribution in [1.82, 2.24) is 0 Å². The second kappa shape index (κ2) is 26.3. The van der Waals surface area contributed by atoms with Crippen LogP contribution in [-0.2, 0) is 41.0 Å². The minimum atomic E-state index is -4.08. The Kier molecular flexibility index (Phi) is 18.9. The van der Waals surface area contributed by atoms with E-state index >= 15 is 0 Å². The summed E-state index contributed by atoms with van der Waals surface area (Å²) in [5.41, 5.74) is 3.36. The van der Waals surface area contributed by atoms with Gasteiger partial charge in [0.15, 0.2) is 0 Å². The zero-order chi connectivity index (χ0) is 56.8. The second-order valence-electron chi connectivity index (χ2n) is 18.0.